The molecule has 0 heterocycles. The maximum absolute atomic E-state index is 5.19. The van der Waals surface area contributed by atoms with Gasteiger partial charge >= 0.3 is 0 Å². The second-order valence-corrected chi connectivity index (χ2v) is 3.97. The van der Waals surface area contributed by atoms with E-state index in [0.29, 0.717) is 0 Å². The van der Waals surface area contributed by atoms with Gasteiger partial charge in [0.05, 0.1) is 6.21 Å². The highest BCUT2D eigenvalue weighted by Gasteiger charge is 1.87. The van der Waals surface area contributed by atoms with Gasteiger partial charge in [-0.05, 0) is 52.5 Å². The summed E-state index contributed by atoms with van der Waals surface area (Å²) in [5.74, 6) is 0. The SMILES string of the molecule is NC(=S)N/N=C/c1ccc(I)cc1. The highest BCUT2D eigenvalue weighted by Crippen LogP contribution is 2.04. The highest BCUT2D eigenvalue weighted by molar-refractivity contribution is 14.1. The van der Waals surface area contributed by atoms with E-state index in [4.69, 9.17) is 5.73 Å². The zero-order valence-electron chi connectivity index (χ0n) is 6.70. The third-order valence-corrected chi connectivity index (χ3v) is 2.07. The van der Waals surface area contributed by atoms with Gasteiger partial charge in [-0.25, -0.2) is 0 Å². The predicted molar refractivity (Wildman–Crippen MR) is 66.7 cm³/mol. The van der Waals surface area contributed by atoms with Gasteiger partial charge in [-0.15, -0.1) is 0 Å². The van der Waals surface area contributed by atoms with Crippen LogP contribution in [0.1, 0.15) is 5.56 Å². The summed E-state index contributed by atoms with van der Waals surface area (Å²) in [5.41, 5.74) is 8.68. The Morgan fingerprint density at radius 2 is 2.08 bits per heavy atom. The Bertz CT molecular complexity index is 321. The molecule has 0 bridgehead atoms. The van der Waals surface area contributed by atoms with E-state index in [-0.39, 0.29) is 5.11 Å². The monoisotopic (exact) mass is 305 g/mol. The van der Waals surface area contributed by atoms with Crippen LogP contribution in [-0.2, 0) is 0 Å². The molecule has 68 valence electrons. The zero-order valence-corrected chi connectivity index (χ0v) is 9.67. The molecule has 0 atom stereocenters. The number of nitrogens with one attached hydrogen (secondary N) is 1. The fraction of sp³-hybridized carbons (Fsp3) is 0. The predicted octanol–water partition coefficient (Wildman–Crippen LogP) is 1.46. The van der Waals surface area contributed by atoms with Crippen molar-refractivity contribution in [3.63, 3.8) is 0 Å². The first kappa shape index (κ1) is 10.4. The molecule has 0 aromatic heterocycles. The van der Waals surface area contributed by atoms with E-state index >= 15 is 0 Å². The summed E-state index contributed by atoms with van der Waals surface area (Å²) < 4.78 is 1.19. The van der Waals surface area contributed by atoms with E-state index in [9.17, 15) is 0 Å². The second-order valence-electron chi connectivity index (χ2n) is 2.29. The Hall–Kier alpha value is -0.690. The molecule has 0 saturated heterocycles. The summed E-state index contributed by atoms with van der Waals surface area (Å²) in [6.07, 6.45) is 1.66. The van der Waals surface area contributed by atoms with Crippen LogP contribution in [0.5, 0.6) is 0 Å². The number of thiocarbonyl (C=S) groups is 1. The van der Waals surface area contributed by atoms with Crippen LogP contribution < -0.4 is 11.2 Å². The summed E-state index contributed by atoms with van der Waals surface area (Å²) in [4.78, 5) is 0. The average molecular weight is 305 g/mol. The standard InChI is InChI=1S/C8H8IN3S/c9-7-3-1-6(2-4-7)5-11-12-8(10)13/h1-5H,(H3,10,12,13)/b11-5+. The van der Waals surface area contributed by atoms with E-state index < -0.39 is 0 Å². The molecule has 0 aliphatic rings. The maximum atomic E-state index is 5.19. The molecule has 0 fully saturated rings. The molecular formula is C8H8IN3S. The number of nitrogens with two attached hydrogens (primary N) is 1. The molecule has 3 nitrogen and oxygen atoms in total. The summed E-state index contributed by atoms with van der Waals surface area (Å²) in [6, 6.07) is 7.93. The fourth-order valence-electron chi connectivity index (χ4n) is 0.719. The highest BCUT2D eigenvalue weighted by atomic mass is 127. The quantitative estimate of drug-likeness (QED) is 0.376. The number of halogens is 1. The van der Waals surface area contributed by atoms with Gasteiger partial charge in [0.15, 0.2) is 5.11 Å². The Morgan fingerprint density at radius 3 is 2.62 bits per heavy atom. The first-order valence-corrected chi connectivity index (χ1v) is 5.01. The Morgan fingerprint density at radius 1 is 1.46 bits per heavy atom. The number of hydrazone groups is 1. The van der Waals surface area contributed by atoms with Gasteiger partial charge in [0.2, 0.25) is 0 Å². The van der Waals surface area contributed by atoms with Crippen LogP contribution in [0.3, 0.4) is 0 Å². The largest absolute Gasteiger partial charge is 0.375 e. The van der Waals surface area contributed by atoms with Crippen molar-refractivity contribution in [3.8, 4) is 0 Å². The molecule has 13 heavy (non-hydrogen) atoms. The third-order valence-electron chi connectivity index (χ3n) is 1.26. The van der Waals surface area contributed by atoms with E-state index in [2.05, 4.69) is 45.3 Å². The van der Waals surface area contributed by atoms with Crippen molar-refractivity contribution in [2.24, 2.45) is 10.8 Å². The maximum Gasteiger partial charge on any atom is 0.184 e. The van der Waals surface area contributed by atoms with Crippen LogP contribution in [0.2, 0.25) is 0 Å². The summed E-state index contributed by atoms with van der Waals surface area (Å²) in [7, 11) is 0. The lowest BCUT2D eigenvalue weighted by Crippen LogP contribution is -2.23. The van der Waals surface area contributed by atoms with Crippen LogP contribution in [0.25, 0.3) is 0 Å². The van der Waals surface area contributed by atoms with Crippen molar-refractivity contribution < 1.29 is 0 Å². The minimum atomic E-state index is 0.168. The summed E-state index contributed by atoms with van der Waals surface area (Å²) >= 11 is 6.83. The molecule has 0 unspecified atom stereocenters. The Labute approximate surface area is 95.5 Å². The molecule has 5 heteroatoms. The molecule has 0 amide bonds. The molecule has 0 radical (unpaired) electrons. The molecule has 1 rings (SSSR count). The fourth-order valence-corrected chi connectivity index (χ4v) is 1.13. The zero-order chi connectivity index (χ0) is 9.68. The van der Waals surface area contributed by atoms with Crippen molar-refractivity contribution in [1.82, 2.24) is 5.43 Å². The van der Waals surface area contributed by atoms with Gasteiger partial charge in [0, 0.05) is 3.57 Å². The number of nitrogens with zero attached hydrogens (tertiary/aromatic N) is 1. The van der Waals surface area contributed by atoms with Crippen molar-refractivity contribution in [2.75, 3.05) is 0 Å². The molecule has 1 aromatic carbocycles. The van der Waals surface area contributed by atoms with E-state index in [1.54, 1.807) is 6.21 Å². The molecule has 0 spiro atoms. The van der Waals surface area contributed by atoms with Crippen LogP contribution in [0.4, 0.5) is 0 Å². The van der Waals surface area contributed by atoms with Crippen molar-refractivity contribution in [3.05, 3.63) is 33.4 Å². The van der Waals surface area contributed by atoms with Gasteiger partial charge in [-0.2, -0.15) is 5.10 Å². The van der Waals surface area contributed by atoms with Gasteiger partial charge < -0.3 is 5.73 Å². The van der Waals surface area contributed by atoms with Crippen LogP contribution in [0, 0.1) is 3.57 Å². The molecule has 0 aliphatic heterocycles. The van der Waals surface area contributed by atoms with Gasteiger partial charge in [-0.1, -0.05) is 12.1 Å². The normalized spacial score (nSPS) is 10.2. The number of hydrogen-bond donors (Lipinski definition) is 2. The van der Waals surface area contributed by atoms with Gasteiger partial charge in [0.25, 0.3) is 0 Å². The lowest BCUT2D eigenvalue weighted by Gasteiger charge is -1.94. The van der Waals surface area contributed by atoms with Crippen molar-refractivity contribution in [2.45, 2.75) is 0 Å². The van der Waals surface area contributed by atoms with Crippen LogP contribution in [-0.4, -0.2) is 11.3 Å². The average Bonchev–Trinajstić information content (AvgIpc) is 2.08. The minimum absolute atomic E-state index is 0.168. The molecular weight excluding hydrogens is 297 g/mol. The lowest BCUT2D eigenvalue weighted by molar-refractivity contribution is 1.04. The van der Waals surface area contributed by atoms with Gasteiger partial charge in [-0.3, -0.25) is 5.43 Å². The third kappa shape index (κ3) is 4.18. The lowest BCUT2D eigenvalue weighted by atomic mass is 10.2. The Balaban J connectivity index is 2.59. The van der Waals surface area contributed by atoms with E-state index in [0.717, 1.165) is 5.56 Å². The smallest absolute Gasteiger partial charge is 0.184 e. The summed E-state index contributed by atoms with van der Waals surface area (Å²) in [5, 5.41) is 4.00. The molecule has 0 saturated carbocycles. The minimum Gasteiger partial charge on any atom is -0.375 e. The number of rotatable bonds is 2. The molecule has 0 aliphatic carbocycles. The van der Waals surface area contributed by atoms with E-state index in [1.165, 1.54) is 3.57 Å². The topological polar surface area (TPSA) is 50.4 Å². The van der Waals surface area contributed by atoms with Crippen LogP contribution >= 0.6 is 34.8 Å². The van der Waals surface area contributed by atoms with E-state index in [1.807, 2.05) is 24.3 Å². The van der Waals surface area contributed by atoms with Crippen LogP contribution in [0.15, 0.2) is 29.4 Å². The van der Waals surface area contributed by atoms with Crippen molar-refractivity contribution in [1.29, 1.82) is 0 Å². The number of benzene rings is 1. The van der Waals surface area contributed by atoms with Crippen molar-refractivity contribution >= 4 is 46.1 Å². The Kier molecular flexibility index (Phi) is 4.10. The van der Waals surface area contributed by atoms with Gasteiger partial charge in [0.1, 0.15) is 0 Å². The first-order chi connectivity index (χ1) is 6.18. The second kappa shape index (κ2) is 5.13. The molecule has 3 N–H and O–H groups in total. The summed E-state index contributed by atoms with van der Waals surface area (Å²) in [6.45, 7) is 0. The first-order valence-electron chi connectivity index (χ1n) is 3.52. The molecule has 1 aromatic rings. The number of hydrogen-bond acceptors (Lipinski definition) is 2.